The van der Waals surface area contributed by atoms with Crippen molar-refractivity contribution in [2.45, 2.75) is 32.1 Å². The molecular formula is C15H21NO2S. The van der Waals surface area contributed by atoms with Crippen molar-refractivity contribution in [1.29, 1.82) is 0 Å². The number of hydrogen-bond donors (Lipinski definition) is 1. The standard InChI is InChI=1S/C15H21NO2S/c1-11(2)10-18-13-5-3-12(4-6-13)8-16-9-14(19)7-15(16)17/h3-6,11,14,19H,7-10H2,1-2H3. The minimum absolute atomic E-state index is 0.182. The minimum atomic E-state index is 0.182. The van der Waals surface area contributed by atoms with Gasteiger partial charge in [-0.25, -0.2) is 0 Å². The Hall–Kier alpha value is -1.16. The number of nitrogens with zero attached hydrogens (tertiary/aromatic N) is 1. The van der Waals surface area contributed by atoms with Crippen molar-refractivity contribution in [3.8, 4) is 5.75 Å². The first-order valence-electron chi connectivity index (χ1n) is 6.72. The fourth-order valence-corrected chi connectivity index (χ4v) is 2.43. The monoisotopic (exact) mass is 279 g/mol. The van der Waals surface area contributed by atoms with Crippen LogP contribution in [0.25, 0.3) is 0 Å². The smallest absolute Gasteiger partial charge is 0.224 e. The number of rotatable bonds is 5. The van der Waals surface area contributed by atoms with E-state index in [1.807, 2.05) is 29.2 Å². The van der Waals surface area contributed by atoms with E-state index in [9.17, 15) is 4.79 Å². The van der Waals surface area contributed by atoms with Gasteiger partial charge in [0.25, 0.3) is 0 Å². The molecule has 0 aliphatic carbocycles. The van der Waals surface area contributed by atoms with Crippen LogP contribution in [0, 0.1) is 5.92 Å². The zero-order valence-corrected chi connectivity index (χ0v) is 12.4. The molecule has 0 radical (unpaired) electrons. The van der Waals surface area contributed by atoms with Crippen LogP contribution in [-0.4, -0.2) is 29.2 Å². The van der Waals surface area contributed by atoms with Crippen LogP contribution < -0.4 is 4.74 Å². The number of thiol groups is 1. The molecule has 0 saturated carbocycles. The molecule has 19 heavy (non-hydrogen) atoms. The fourth-order valence-electron chi connectivity index (χ4n) is 2.08. The number of benzene rings is 1. The lowest BCUT2D eigenvalue weighted by Crippen LogP contribution is -2.24. The lowest BCUT2D eigenvalue weighted by Gasteiger charge is -2.16. The van der Waals surface area contributed by atoms with E-state index in [1.54, 1.807) is 0 Å². The summed E-state index contributed by atoms with van der Waals surface area (Å²) in [5, 5.41) is 0.182. The molecule has 1 aromatic carbocycles. The van der Waals surface area contributed by atoms with E-state index >= 15 is 0 Å². The third-order valence-electron chi connectivity index (χ3n) is 3.07. The number of ether oxygens (including phenoxy) is 1. The highest BCUT2D eigenvalue weighted by atomic mass is 32.1. The molecule has 1 heterocycles. The second kappa shape index (κ2) is 6.33. The molecular weight excluding hydrogens is 258 g/mol. The normalized spacial score (nSPS) is 19.3. The molecule has 1 aliphatic heterocycles. The van der Waals surface area contributed by atoms with Gasteiger partial charge in [0.15, 0.2) is 0 Å². The van der Waals surface area contributed by atoms with Gasteiger partial charge in [-0.05, 0) is 23.6 Å². The van der Waals surface area contributed by atoms with Crippen LogP contribution >= 0.6 is 12.6 Å². The Morgan fingerprint density at radius 2 is 2.05 bits per heavy atom. The second-order valence-corrected chi connectivity index (χ2v) is 6.21. The molecule has 1 aliphatic rings. The van der Waals surface area contributed by atoms with Gasteiger partial charge in [-0.15, -0.1) is 0 Å². The second-order valence-electron chi connectivity index (χ2n) is 5.48. The van der Waals surface area contributed by atoms with E-state index in [1.165, 1.54) is 0 Å². The highest BCUT2D eigenvalue weighted by molar-refractivity contribution is 7.81. The van der Waals surface area contributed by atoms with Crippen molar-refractivity contribution in [1.82, 2.24) is 4.90 Å². The van der Waals surface area contributed by atoms with Crippen LogP contribution in [0.15, 0.2) is 24.3 Å². The van der Waals surface area contributed by atoms with Crippen LogP contribution in [0.4, 0.5) is 0 Å². The Morgan fingerprint density at radius 3 is 2.58 bits per heavy atom. The maximum absolute atomic E-state index is 11.7. The molecule has 1 fully saturated rings. The Kier molecular flexibility index (Phi) is 4.75. The first-order chi connectivity index (χ1) is 9.04. The SMILES string of the molecule is CC(C)COc1ccc(CN2CC(S)CC2=O)cc1. The molecule has 0 N–H and O–H groups in total. The van der Waals surface area contributed by atoms with Gasteiger partial charge < -0.3 is 9.64 Å². The first kappa shape index (κ1) is 14.3. The van der Waals surface area contributed by atoms with Gasteiger partial charge in [0.05, 0.1) is 6.61 Å². The van der Waals surface area contributed by atoms with Crippen molar-refractivity contribution in [2.24, 2.45) is 5.92 Å². The van der Waals surface area contributed by atoms with E-state index in [4.69, 9.17) is 4.74 Å². The maximum Gasteiger partial charge on any atom is 0.224 e. The summed E-state index contributed by atoms with van der Waals surface area (Å²) < 4.78 is 5.64. The third-order valence-corrected chi connectivity index (χ3v) is 3.42. The molecule has 4 heteroatoms. The summed E-state index contributed by atoms with van der Waals surface area (Å²) in [6.07, 6.45) is 0.554. The maximum atomic E-state index is 11.7. The van der Waals surface area contributed by atoms with Crippen molar-refractivity contribution >= 4 is 18.5 Å². The van der Waals surface area contributed by atoms with Gasteiger partial charge in [0, 0.05) is 24.8 Å². The molecule has 3 nitrogen and oxygen atoms in total. The van der Waals surface area contributed by atoms with E-state index in [0.717, 1.165) is 24.5 Å². The van der Waals surface area contributed by atoms with Gasteiger partial charge >= 0.3 is 0 Å². The van der Waals surface area contributed by atoms with Crippen molar-refractivity contribution in [3.05, 3.63) is 29.8 Å². The largest absolute Gasteiger partial charge is 0.493 e. The molecule has 1 amide bonds. The molecule has 1 aromatic rings. The lowest BCUT2D eigenvalue weighted by molar-refractivity contribution is -0.128. The Labute approximate surface area is 120 Å². The van der Waals surface area contributed by atoms with Crippen LogP contribution in [0.2, 0.25) is 0 Å². The summed E-state index contributed by atoms with van der Waals surface area (Å²) in [6, 6.07) is 7.98. The van der Waals surface area contributed by atoms with Gasteiger partial charge in [-0.2, -0.15) is 12.6 Å². The molecule has 1 saturated heterocycles. The zero-order valence-electron chi connectivity index (χ0n) is 11.5. The van der Waals surface area contributed by atoms with Crippen LogP contribution in [-0.2, 0) is 11.3 Å². The minimum Gasteiger partial charge on any atom is -0.493 e. The average Bonchev–Trinajstić information content (AvgIpc) is 2.67. The molecule has 0 bridgehead atoms. The van der Waals surface area contributed by atoms with E-state index in [2.05, 4.69) is 26.5 Å². The number of hydrogen-bond acceptors (Lipinski definition) is 3. The predicted octanol–water partition coefficient (Wildman–Crippen LogP) is 2.75. The summed E-state index contributed by atoms with van der Waals surface area (Å²) in [5.41, 5.74) is 1.13. The highest BCUT2D eigenvalue weighted by Gasteiger charge is 2.26. The molecule has 0 aromatic heterocycles. The Bertz CT molecular complexity index is 430. The molecule has 0 spiro atoms. The number of amides is 1. The average molecular weight is 279 g/mol. The fraction of sp³-hybridized carbons (Fsp3) is 0.533. The zero-order chi connectivity index (χ0) is 13.8. The summed E-state index contributed by atoms with van der Waals surface area (Å²) in [7, 11) is 0. The quantitative estimate of drug-likeness (QED) is 0.840. The summed E-state index contributed by atoms with van der Waals surface area (Å²) >= 11 is 4.36. The van der Waals surface area contributed by atoms with Gasteiger partial charge in [0.2, 0.25) is 5.91 Å². The topological polar surface area (TPSA) is 29.5 Å². The lowest BCUT2D eigenvalue weighted by atomic mass is 10.2. The van der Waals surface area contributed by atoms with Crippen molar-refractivity contribution < 1.29 is 9.53 Å². The van der Waals surface area contributed by atoms with Gasteiger partial charge in [-0.3, -0.25) is 4.79 Å². The van der Waals surface area contributed by atoms with Gasteiger partial charge in [0.1, 0.15) is 5.75 Å². The van der Waals surface area contributed by atoms with Crippen LogP contribution in [0.5, 0.6) is 5.75 Å². The molecule has 1 unspecified atom stereocenters. The number of carbonyl (C=O) groups is 1. The van der Waals surface area contributed by atoms with Crippen molar-refractivity contribution in [3.63, 3.8) is 0 Å². The van der Waals surface area contributed by atoms with Crippen LogP contribution in [0.1, 0.15) is 25.8 Å². The summed E-state index contributed by atoms with van der Waals surface area (Å²) in [6.45, 7) is 6.39. The van der Waals surface area contributed by atoms with Crippen molar-refractivity contribution in [2.75, 3.05) is 13.2 Å². The van der Waals surface area contributed by atoms with E-state index in [-0.39, 0.29) is 11.2 Å². The molecule has 104 valence electrons. The predicted molar refractivity (Wildman–Crippen MR) is 79.6 cm³/mol. The molecule has 1 atom stereocenters. The summed E-state index contributed by atoms with van der Waals surface area (Å²) in [4.78, 5) is 13.5. The Balaban J connectivity index is 1.90. The molecule has 2 rings (SSSR count). The Morgan fingerprint density at radius 1 is 1.37 bits per heavy atom. The van der Waals surface area contributed by atoms with E-state index in [0.29, 0.717) is 18.9 Å². The van der Waals surface area contributed by atoms with Gasteiger partial charge in [-0.1, -0.05) is 26.0 Å². The van der Waals surface area contributed by atoms with Crippen LogP contribution in [0.3, 0.4) is 0 Å². The first-order valence-corrected chi connectivity index (χ1v) is 7.24. The third kappa shape index (κ3) is 4.16. The summed E-state index contributed by atoms with van der Waals surface area (Å²) in [5.74, 6) is 1.60. The van der Waals surface area contributed by atoms with E-state index < -0.39 is 0 Å². The number of likely N-dealkylation sites (tertiary alicyclic amines) is 1. The highest BCUT2D eigenvalue weighted by Crippen LogP contribution is 2.20. The number of carbonyl (C=O) groups excluding carboxylic acids is 1.